The quantitative estimate of drug-likeness (QED) is 0.181. The Kier molecular flexibility index (Phi) is 5.89. The number of hydrogen-bond acceptors (Lipinski definition) is 3. The SMILES string of the molecule is C=CCN1C(=O)C(=Cc2c(-c3ccccc3)cc3cc(-c4ccccc4)c(C)cn23)C(=O)NC1=S. The Labute approximate surface area is 209 Å². The van der Waals surface area contributed by atoms with Crippen LogP contribution in [0.1, 0.15) is 11.3 Å². The molecule has 0 spiro atoms. The average molecular weight is 478 g/mol. The van der Waals surface area contributed by atoms with Gasteiger partial charge in [0.15, 0.2) is 5.11 Å². The summed E-state index contributed by atoms with van der Waals surface area (Å²) in [5.74, 6) is -0.947. The Morgan fingerprint density at radius 3 is 2.17 bits per heavy atom. The van der Waals surface area contributed by atoms with Gasteiger partial charge in [-0.05, 0) is 59.6 Å². The van der Waals surface area contributed by atoms with Gasteiger partial charge >= 0.3 is 0 Å². The summed E-state index contributed by atoms with van der Waals surface area (Å²) >= 11 is 5.20. The molecule has 0 bridgehead atoms. The summed E-state index contributed by atoms with van der Waals surface area (Å²) in [6, 6.07) is 24.4. The maximum Gasteiger partial charge on any atom is 0.266 e. The van der Waals surface area contributed by atoms with Crippen LogP contribution in [0.5, 0.6) is 0 Å². The number of benzene rings is 2. The minimum atomic E-state index is -0.507. The highest BCUT2D eigenvalue weighted by Gasteiger charge is 2.33. The van der Waals surface area contributed by atoms with E-state index in [2.05, 4.69) is 43.1 Å². The van der Waals surface area contributed by atoms with E-state index in [1.165, 1.54) is 4.90 Å². The monoisotopic (exact) mass is 477 g/mol. The van der Waals surface area contributed by atoms with Crippen molar-refractivity contribution >= 4 is 40.7 Å². The second kappa shape index (κ2) is 9.16. The topological polar surface area (TPSA) is 53.8 Å². The molecule has 1 saturated heterocycles. The molecule has 1 aliphatic heterocycles. The average Bonchev–Trinajstić information content (AvgIpc) is 3.22. The van der Waals surface area contributed by atoms with Gasteiger partial charge in [0.1, 0.15) is 5.57 Å². The smallest absolute Gasteiger partial charge is 0.266 e. The second-order valence-electron chi connectivity index (χ2n) is 8.36. The minimum Gasteiger partial charge on any atom is -0.316 e. The molecule has 5 rings (SSSR count). The van der Waals surface area contributed by atoms with Crippen LogP contribution < -0.4 is 5.32 Å². The molecule has 0 saturated carbocycles. The predicted molar refractivity (Wildman–Crippen MR) is 144 cm³/mol. The van der Waals surface area contributed by atoms with Gasteiger partial charge in [0, 0.05) is 23.8 Å². The third-order valence-electron chi connectivity index (χ3n) is 6.09. The third kappa shape index (κ3) is 4.09. The summed E-state index contributed by atoms with van der Waals surface area (Å²) in [6.07, 6.45) is 5.29. The van der Waals surface area contributed by atoms with Gasteiger partial charge in [-0.2, -0.15) is 0 Å². The van der Waals surface area contributed by atoms with E-state index in [0.29, 0.717) is 0 Å². The number of fused-ring (bicyclic) bond motifs is 1. The van der Waals surface area contributed by atoms with Gasteiger partial charge in [-0.1, -0.05) is 66.7 Å². The molecule has 3 heterocycles. The number of aromatic nitrogens is 1. The van der Waals surface area contributed by atoms with Crippen molar-refractivity contribution < 1.29 is 9.59 Å². The number of aryl methyl sites for hydroxylation is 1. The molecule has 2 amide bonds. The number of nitrogens with zero attached hydrogens (tertiary/aromatic N) is 2. The molecule has 6 heteroatoms. The number of amides is 2. The Balaban J connectivity index is 1.74. The standard InChI is InChI=1S/C29H23N3O2S/c1-3-14-31-28(34)25(27(33)30-29(31)35)17-26-24(21-12-8-5-9-13-21)16-22-15-23(19(2)18-32(22)26)20-10-6-4-7-11-20/h3-13,15-18H,1,14H2,2H3,(H,30,33,35). The molecule has 2 aromatic carbocycles. The van der Waals surface area contributed by atoms with Gasteiger partial charge in [0.05, 0.1) is 5.69 Å². The zero-order chi connectivity index (χ0) is 24.5. The molecule has 0 unspecified atom stereocenters. The van der Waals surface area contributed by atoms with Gasteiger partial charge in [-0.25, -0.2) is 0 Å². The van der Waals surface area contributed by atoms with Crippen LogP contribution >= 0.6 is 12.2 Å². The first-order valence-corrected chi connectivity index (χ1v) is 11.6. The van der Waals surface area contributed by atoms with Crippen LogP contribution in [0.25, 0.3) is 33.8 Å². The molecule has 0 radical (unpaired) electrons. The molecule has 35 heavy (non-hydrogen) atoms. The lowest BCUT2D eigenvalue weighted by Crippen LogP contribution is -2.53. The van der Waals surface area contributed by atoms with Gasteiger partial charge in [0.25, 0.3) is 11.8 Å². The molecular formula is C29H23N3O2S. The van der Waals surface area contributed by atoms with Crippen molar-refractivity contribution in [1.29, 1.82) is 0 Å². The highest BCUT2D eigenvalue weighted by atomic mass is 32.1. The predicted octanol–water partition coefficient (Wildman–Crippen LogP) is 5.39. The van der Waals surface area contributed by atoms with E-state index in [1.807, 2.05) is 59.1 Å². The summed E-state index contributed by atoms with van der Waals surface area (Å²) in [6.45, 7) is 5.97. The first-order chi connectivity index (χ1) is 17.0. The van der Waals surface area contributed by atoms with Crippen molar-refractivity contribution in [2.75, 3.05) is 6.54 Å². The lowest BCUT2D eigenvalue weighted by Gasteiger charge is -2.27. The molecule has 4 aromatic rings. The number of nitrogens with one attached hydrogen (secondary N) is 1. The first-order valence-electron chi connectivity index (χ1n) is 11.2. The maximum absolute atomic E-state index is 13.2. The van der Waals surface area contributed by atoms with Crippen molar-refractivity contribution in [2.45, 2.75) is 6.92 Å². The number of hydrogen-bond donors (Lipinski definition) is 1. The zero-order valence-corrected chi connectivity index (χ0v) is 20.0. The first kappa shape index (κ1) is 22.5. The Bertz CT molecular complexity index is 1520. The van der Waals surface area contributed by atoms with Gasteiger partial charge < -0.3 is 4.40 Å². The molecular weight excluding hydrogens is 454 g/mol. The van der Waals surface area contributed by atoms with E-state index in [9.17, 15) is 9.59 Å². The largest absolute Gasteiger partial charge is 0.316 e. The van der Waals surface area contributed by atoms with E-state index < -0.39 is 11.8 Å². The van der Waals surface area contributed by atoms with Crippen LogP contribution in [0.4, 0.5) is 0 Å². The number of thiocarbonyl (C=S) groups is 1. The molecule has 1 fully saturated rings. The fourth-order valence-corrected chi connectivity index (χ4v) is 4.64. The van der Waals surface area contributed by atoms with E-state index in [1.54, 1.807) is 12.2 Å². The minimum absolute atomic E-state index is 0.0300. The molecule has 1 N–H and O–H groups in total. The zero-order valence-electron chi connectivity index (χ0n) is 19.2. The highest BCUT2D eigenvalue weighted by Crippen LogP contribution is 2.33. The van der Waals surface area contributed by atoms with Crippen LogP contribution in [0.2, 0.25) is 0 Å². The normalized spacial score (nSPS) is 15.1. The molecule has 172 valence electrons. The van der Waals surface area contributed by atoms with Crippen molar-refractivity contribution in [3.8, 4) is 22.3 Å². The summed E-state index contributed by atoms with van der Waals surface area (Å²) in [7, 11) is 0. The fraction of sp³-hybridized carbons (Fsp3) is 0.0690. The van der Waals surface area contributed by atoms with E-state index in [4.69, 9.17) is 12.2 Å². The maximum atomic E-state index is 13.2. The molecule has 1 aliphatic rings. The second-order valence-corrected chi connectivity index (χ2v) is 8.75. The van der Waals surface area contributed by atoms with E-state index >= 15 is 0 Å². The Hall–Kier alpha value is -4.29. The highest BCUT2D eigenvalue weighted by molar-refractivity contribution is 7.80. The van der Waals surface area contributed by atoms with Gasteiger partial charge in [0.2, 0.25) is 0 Å². The molecule has 2 aromatic heterocycles. The Morgan fingerprint density at radius 1 is 0.943 bits per heavy atom. The summed E-state index contributed by atoms with van der Waals surface area (Å²) in [4.78, 5) is 27.4. The summed E-state index contributed by atoms with van der Waals surface area (Å²) in [5.41, 5.74) is 6.99. The van der Waals surface area contributed by atoms with Crippen molar-refractivity contribution in [3.05, 3.63) is 108 Å². The Morgan fingerprint density at radius 2 is 1.54 bits per heavy atom. The van der Waals surface area contributed by atoms with Crippen molar-refractivity contribution in [3.63, 3.8) is 0 Å². The molecule has 0 atom stereocenters. The van der Waals surface area contributed by atoms with Gasteiger partial charge in [-0.15, -0.1) is 6.58 Å². The number of rotatable bonds is 5. The number of pyridine rings is 1. The van der Waals surface area contributed by atoms with Gasteiger partial charge in [-0.3, -0.25) is 19.8 Å². The molecule has 5 nitrogen and oxygen atoms in total. The van der Waals surface area contributed by atoms with Crippen LogP contribution in [-0.4, -0.2) is 32.8 Å². The fourth-order valence-electron chi connectivity index (χ4n) is 4.39. The lowest BCUT2D eigenvalue weighted by molar-refractivity contribution is -0.128. The number of carbonyl (C=O) groups excluding carboxylic acids is 2. The van der Waals surface area contributed by atoms with Crippen molar-refractivity contribution in [1.82, 2.24) is 14.6 Å². The number of carbonyl (C=O) groups is 2. The van der Waals surface area contributed by atoms with Crippen LogP contribution in [0.3, 0.4) is 0 Å². The summed E-state index contributed by atoms with van der Waals surface area (Å²) in [5, 5.41) is 2.72. The summed E-state index contributed by atoms with van der Waals surface area (Å²) < 4.78 is 2.03. The van der Waals surface area contributed by atoms with E-state index in [-0.39, 0.29) is 17.2 Å². The molecule has 0 aliphatic carbocycles. The van der Waals surface area contributed by atoms with Crippen molar-refractivity contribution in [2.24, 2.45) is 0 Å². The van der Waals surface area contributed by atoms with Crippen LogP contribution in [0.15, 0.2) is 97.2 Å². The lowest BCUT2D eigenvalue weighted by atomic mass is 10.0. The van der Waals surface area contributed by atoms with E-state index in [0.717, 1.165) is 39.0 Å². The third-order valence-corrected chi connectivity index (χ3v) is 6.42. The van der Waals surface area contributed by atoms with Crippen LogP contribution in [0, 0.1) is 6.92 Å². The van der Waals surface area contributed by atoms with Crippen LogP contribution in [-0.2, 0) is 9.59 Å².